The van der Waals surface area contributed by atoms with Gasteiger partial charge in [0.05, 0.1) is 16.8 Å². The van der Waals surface area contributed by atoms with E-state index in [0.29, 0.717) is 16.5 Å². The number of nitrogens with two attached hydrogens (primary N) is 1. The number of anilines is 1. The van der Waals surface area contributed by atoms with Crippen LogP contribution >= 0.6 is 23.4 Å². The molecule has 4 heteroatoms. The van der Waals surface area contributed by atoms with Crippen LogP contribution in [0.15, 0.2) is 53.4 Å². The smallest absolute Gasteiger partial charge is 0.0883 e. The van der Waals surface area contributed by atoms with Crippen LogP contribution in [0.3, 0.4) is 0 Å². The van der Waals surface area contributed by atoms with Crippen LogP contribution in [0.4, 0.5) is 5.69 Å². The lowest BCUT2D eigenvalue weighted by Crippen LogP contribution is -1.99. The molecular formula is C14H14ClNOS. The van der Waals surface area contributed by atoms with Gasteiger partial charge in [-0.15, -0.1) is 11.8 Å². The van der Waals surface area contributed by atoms with Gasteiger partial charge in [-0.25, -0.2) is 0 Å². The number of hydrogen-bond donors (Lipinski definition) is 2. The van der Waals surface area contributed by atoms with E-state index in [4.69, 9.17) is 17.3 Å². The van der Waals surface area contributed by atoms with Crippen molar-refractivity contribution in [2.45, 2.75) is 11.0 Å². The van der Waals surface area contributed by atoms with Gasteiger partial charge >= 0.3 is 0 Å². The minimum absolute atomic E-state index is 0.479. The first-order valence-corrected chi connectivity index (χ1v) is 6.94. The number of aliphatic hydroxyl groups excluding tert-OH is 1. The fraction of sp³-hybridized carbons (Fsp3) is 0.143. The van der Waals surface area contributed by atoms with E-state index in [1.165, 1.54) is 0 Å². The maximum absolute atomic E-state index is 10.0. The molecule has 0 aliphatic carbocycles. The highest BCUT2D eigenvalue weighted by Gasteiger charge is 2.08. The molecule has 3 N–H and O–H groups in total. The molecule has 2 nitrogen and oxygen atoms in total. The van der Waals surface area contributed by atoms with Crippen molar-refractivity contribution in [1.29, 1.82) is 0 Å². The molecule has 0 saturated carbocycles. The standard InChI is InChI=1S/C14H14ClNOS/c15-12-8-11(6-7-13(12)16)18-9-14(17)10-4-2-1-3-5-10/h1-8,14,17H,9,16H2. The van der Waals surface area contributed by atoms with Gasteiger partial charge in [0.2, 0.25) is 0 Å². The summed E-state index contributed by atoms with van der Waals surface area (Å²) < 4.78 is 0. The Bertz CT molecular complexity index is 518. The molecule has 1 unspecified atom stereocenters. The topological polar surface area (TPSA) is 46.2 Å². The molecule has 0 aliphatic rings. The molecule has 94 valence electrons. The molecule has 1 atom stereocenters. The SMILES string of the molecule is Nc1ccc(SCC(O)c2ccccc2)cc1Cl. The first-order chi connectivity index (χ1) is 8.66. The van der Waals surface area contributed by atoms with Crippen molar-refractivity contribution < 1.29 is 5.11 Å². The Morgan fingerprint density at radius 2 is 1.89 bits per heavy atom. The Hall–Kier alpha value is -1.16. The summed E-state index contributed by atoms with van der Waals surface area (Å²) >= 11 is 7.50. The maximum atomic E-state index is 10.0. The number of aliphatic hydroxyl groups is 1. The minimum Gasteiger partial charge on any atom is -0.398 e. The molecule has 18 heavy (non-hydrogen) atoms. The van der Waals surface area contributed by atoms with Gasteiger partial charge in [-0.2, -0.15) is 0 Å². The highest BCUT2D eigenvalue weighted by atomic mass is 35.5. The molecule has 0 saturated heterocycles. The van der Waals surface area contributed by atoms with Gasteiger partial charge in [0, 0.05) is 10.6 Å². The Labute approximate surface area is 116 Å². The largest absolute Gasteiger partial charge is 0.398 e. The zero-order valence-electron chi connectivity index (χ0n) is 9.71. The summed E-state index contributed by atoms with van der Waals surface area (Å²) in [6.07, 6.45) is -0.479. The molecule has 2 aromatic rings. The van der Waals surface area contributed by atoms with E-state index in [1.807, 2.05) is 42.5 Å². The van der Waals surface area contributed by atoms with Gasteiger partial charge < -0.3 is 10.8 Å². The summed E-state index contributed by atoms with van der Waals surface area (Å²) in [6.45, 7) is 0. The van der Waals surface area contributed by atoms with E-state index in [9.17, 15) is 5.11 Å². The maximum Gasteiger partial charge on any atom is 0.0883 e. The first kappa shape index (κ1) is 13.3. The van der Waals surface area contributed by atoms with Gasteiger partial charge in [-0.1, -0.05) is 41.9 Å². The predicted octanol–water partition coefficient (Wildman–Crippen LogP) is 3.75. The van der Waals surface area contributed by atoms with Gasteiger partial charge in [0.25, 0.3) is 0 Å². The van der Waals surface area contributed by atoms with E-state index in [2.05, 4.69) is 0 Å². The summed E-state index contributed by atoms with van der Waals surface area (Å²) in [5.74, 6) is 0.588. The Balaban J connectivity index is 1.97. The molecule has 0 aromatic heterocycles. The van der Waals surface area contributed by atoms with Crippen LogP contribution in [0.2, 0.25) is 5.02 Å². The van der Waals surface area contributed by atoms with E-state index < -0.39 is 6.10 Å². The van der Waals surface area contributed by atoms with Crippen molar-refractivity contribution in [2.75, 3.05) is 11.5 Å². The second kappa shape index (κ2) is 6.14. The summed E-state index contributed by atoms with van der Waals surface area (Å²) in [7, 11) is 0. The summed E-state index contributed by atoms with van der Waals surface area (Å²) in [5, 5.41) is 10.6. The molecular weight excluding hydrogens is 266 g/mol. The van der Waals surface area contributed by atoms with Gasteiger partial charge in [0.15, 0.2) is 0 Å². The summed E-state index contributed by atoms with van der Waals surface area (Å²) in [4.78, 5) is 1.00. The van der Waals surface area contributed by atoms with Crippen molar-refractivity contribution in [1.82, 2.24) is 0 Å². The quantitative estimate of drug-likeness (QED) is 0.662. The summed E-state index contributed by atoms with van der Waals surface area (Å²) in [6, 6.07) is 15.1. The van der Waals surface area contributed by atoms with Crippen LogP contribution in [0.1, 0.15) is 11.7 Å². The normalized spacial score (nSPS) is 12.3. The number of rotatable bonds is 4. The van der Waals surface area contributed by atoms with Crippen molar-refractivity contribution in [2.24, 2.45) is 0 Å². The third-order valence-corrected chi connectivity index (χ3v) is 3.96. The van der Waals surface area contributed by atoms with Crippen molar-refractivity contribution in [3.63, 3.8) is 0 Å². The van der Waals surface area contributed by atoms with Gasteiger partial charge in [-0.05, 0) is 23.8 Å². The Morgan fingerprint density at radius 3 is 2.56 bits per heavy atom. The number of hydrogen-bond acceptors (Lipinski definition) is 3. The summed E-state index contributed by atoms with van der Waals surface area (Å²) in [5.41, 5.74) is 7.14. The number of benzene rings is 2. The average Bonchev–Trinajstić information content (AvgIpc) is 2.41. The molecule has 0 bridgehead atoms. The highest BCUT2D eigenvalue weighted by Crippen LogP contribution is 2.29. The highest BCUT2D eigenvalue weighted by molar-refractivity contribution is 7.99. The molecule has 2 rings (SSSR count). The van der Waals surface area contributed by atoms with Crippen LogP contribution in [-0.2, 0) is 0 Å². The van der Waals surface area contributed by atoms with Crippen molar-refractivity contribution in [3.05, 3.63) is 59.1 Å². The molecule has 0 aliphatic heterocycles. The number of halogens is 1. The number of thioether (sulfide) groups is 1. The lowest BCUT2D eigenvalue weighted by Gasteiger charge is -2.10. The average molecular weight is 280 g/mol. The van der Waals surface area contributed by atoms with E-state index in [0.717, 1.165) is 10.5 Å². The van der Waals surface area contributed by atoms with Crippen LogP contribution in [0.5, 0.6) is 0 Å². The van der Waals surface area contributed by atoms with E-state index in [1.54, 1.807) is 17.8 Å². The van der Waals surface area contributed by atoms with Crippen LogP contribution in [-0.4, -0.2) is 10.9 Å². The second-order valence-electron chi connectivity index (χ2n) is 3.92. The molecule has 0 spiro atoms. The van der Waals surface area contributed by atoms with Crippen molar-refractivity contribution >= 4 is 29.1 Å². The molecule has 0 heterocycles. The molecule has 0 fully saturated rings. The first-order valence-electron chi connectivity index (χ1n) is 5.57. The fourth-order valence-electron chi connectivity index (χ4n) is 1.54. The van der Waals surface area contributed by atoms with Crippen molar-refractivity contribution in [3.8, 4) is 0 Å². The fourth-order valence-corrected chi connectivity index (χ4v) is 2.70. The molecule has 0 radical (unpaired) electrons. The minimum atomic E-state index is -0.479. The second-order valence-corrected chi connectivity index (χ2v) is 5.42. The van der Waals surface area contributed by atoms with Crippen LogP contribution in [0.25, 0.3) is 0 Å². The van der Waals surface area contributed by atoms with Crippen LogP contribution in [0, 0.1) is 0 Å². The van der Waals surface area contributed by atoms with Crippen LogP contribution < -0.4 is 5.73 Å². The third kappa shape index (κ3) is 3.42. The Kier molecular flexibility index (Phi) is 4.53. The third-order valence-electron chi connectivity index (χ3n) is 2.56. The van der Waals surface area contributed by atoms with E-state index in [-0.39, 0.29) is 0 Å². The monoisotopic (exact) mass is 279 g/mol. The number of nitrogen functional groups attached to an aromatic ring is 1. The Morgan fingerprint density at radius 1 is 1.17 bits per heavy atom. The van der Waals surface area contributed by atoms with E-state index >= 15 is 0 Å². The zero-order valence-corrected chi connectivity index (χ0v) is 11.3. The van der Waals surface area contributed by atoms with Gasteiger partial charge in [0.1, 0.15) is 0 Å². The zero-order chi connectivity index (χ0) is 13.0. The van der Waals surface area contributed by atoms with Gasteiger partial charge in [-0.3, -0.25) is 0 Å². The lowest BCUT2D eigenvalue weighted by atomic mass is 10.1. The predicted molar refractivity (Wildman–Crippen MR) is 78.0 cm³/mol. The molecule has 2 aromatic carbocycles. The lowest BCUT2D eigenvalue weighted by molar-refractivity contribution is 0.204. The molecule has 0 amide bonds.